The van der Waals surface area contributed by atoms with Gasteiger partial charge in [-0.3, -0.25) is 5.41 Å². The second-order valence-corrected chi connectivity index (χ2v) is 5.78. The van der Waals surface area contributed by atoms with Gasteiger partial charge in [0.1, 0.15) is 5.84 Å². The Hall–Kier alpha value is -0.570. The summed E-state index contributed by atoms with van der Waals surface area (Å²) in [7, 11) is 4.30. The Balaban J connectivity index is 2.48. The number of nitrogens with one attached hydrogen (secondary N) is 1. The van der Waals surface area contributed by atoms with Crippen molar-refractivity contribution >= 4 is 5.84 Å². The van der Waals surface area contributed by atoms with Crippen LogP contribution in [-0.2, 0) is 0 Å². The van der Waals surface area contributed by atoms with Crippen molar-refractivity contribution in [2.24, 2.45) is 5.41 Å². The molecule has 1 rings (SSSR count). The Morgan fingerprint density at radius 3 is 2.00 bits per heavy atom. The molecule has 15 heavy (non-hydrogen) atoms. The maximum absolute atomic E-state index is 8.12. The van der Waals surface area contributed by atoms with Gasteiger partial charge in [0, 0.05) is 24.5 Å². The molecule has 1 aliphatic rings. The molecule has 0 saturated carbocycles. The van der Waals surface area contributed by atoms with Crippen LogP contribution in [0.5, 0.6) is 0 Å². The largest absolute Gasteiger partial charge is 0.360 e. The van der Waals surface area contributed by atoms with Gasteiger partial charge >= 0.3 is 0 Å². The first kappa shape index (κ1) is 12.5. The summed E-state index contributed by atoms with van der Waals surface area (Å²) in [5.41, 5.74) is -0.00898. The predicted molar refractivity (Wildman–Crippen MR) is 65.5 cm³/mol. The molecule has 0 radical (unpaired) electrons. The molecule has 1 saturated heterocycles. The summed E-state index contributed by atoms with van der Waals surface area (Å²) in [6.07, 6.45) is 2.37. The van der Waals surface area contributed by atoms with E-state index in [0.717, 1.165) is 18.9 Å². The SMILES string of the molecule is CN(C)C1CCN(C(=N)C(C)(C)C)CC1. The second-order valence-electron chi connectivity index (χ2n) is 5.78. The lowest BCUT2D eigenvalue weighted by Gasteiger charge is -2.39. The van der Waals surface area contributed by atoms with Crippen LogP contribution < -0.4 is 0 Å². The summed E-state index contributed by atoms with van der Waals surface area (Å²) in [4.78, 5) is 4.54. The summed E-state index contributed by atoms with van der Waals surface area (Å²) in [6.45, 7) is 8.44. The average molecular weight is 211 g/mol. The maximum Gasteiger partial charge on any atom is 0.101 e. The molecule has 0 unspecified atom stereocenters. The van der Waals surface area contributed by atoms with Gasteiger partial charge in [-0.05, 0) is 26.9 Å². The van der Waals surface area contributed by atoms with Crippen molar-refractivity contribution in [3.8, 4) is 0 Å². The van der Waals surface area contributed by atoms with Gasteiger partial charge in [0.05, 0.1) is 0 Å². The summed E-state index contributed by atoms with van der Waals surface area (Å²) in [5, 5.41) is 8.12. The van der Waals surface area contributed by atoms with E-state index in [4.69, 9.17) is 5.41 Å². The van der Waals surface area contributed by atoms with Gasteiger partial charge in [-0.2, -0.15) is 0 Å². The van der Waals surface area contributed by atoms with Crippen molar-refractivity contribution in [3.05, 3.63) is 0 Å². The van der Waals surface area contributed by atoms with E-state index in [1.54, 1.807) is 0 Å². The van der Waals surface area contributed by atoms with Crippen molar-refractivity contribution in [1.29, 1.82) is 5.41 Å². The van der Waals surface area contributed by atoms with E-state index < -0.39 is 0 Å². The molecule has 3 heteroatoms. The van der Waals surface area contributed by atoms with E-state index in [1.807, 2.05) is 0 Å². The average Bonchev–Trinajstić information content (AvgIpc) is 2.15. The molecule has 88 valence electrons. The minimum Gasteiger partial charge on any atom is -0.360 e. The first-order valence-corrected chi connectivity index (χ1v) is 5.83. The van der Waals surface area contributed by atoms with Gasteiger partial charge in [-0.15, -0.1) is 0 Å². The molecule has 0 bridgehead atoms. The lowest BCUT2D eigenvalue weighted by molar-refractivity contribution is 0.184. The number of likely N-dealkylation sites (tertiary alicyclic amines) is 1. The first-order valence-electron chi connectivity index (χ1n) is 5.83. The number of amidine groups is 1. The summed E-state index contributed by atoms with van der Waals surface area (Å²) >= 11 is 0. The molecule has 0 spiro atoms. The van der Waals surface area contributed by atoms with Crippen molar-refractivity contribution in [2.75, 3.05) is 27.2 Å². The van der Waals surface area contributed by atoms with E-state index in [1.165, 1.54) is 12.8 Å². The zero-order chi connectivity index (χ0) is 11.6. The Bertz CT molecular complexity index is 220. The molecule has 0 aliphatic carbocycles. The van der Waals surface area contributed by atoms with Crippen LogP contribution in [0.3, 0.4) is 0 Å². The van der Waals surface area contributed by atoms with Crippen LogP contribution in [0.1, 0.15) is 33.6 Å². The molecule has 0 atom stereocenters. The molecule has 0 amide bonds. The smallest absolute Gasteiger partial charge is 0.101 e. The van der Waals surface area contributed by atoms with Crippen LogP contribution in [-0.4, -0.2) is 48.9 Å². The van der Waals surface area contributed by atoms with Crippen LogP contribution in [0.2, 0.25) is 0 Å². The zero-order valence-corrected chi connectivity index (χ0v) is 10.8. The van der Waals surface area contributed by atoms with Gasteiger partial charge in [0.25, 0.3) is 0 Å². The van der Waals surface area contributed by atoms with Crippen molar-refractivity contribution in [2.45, 2.75) is 39.7 Å². The third-order valence-electron chi connectivity index (χ3n) is 3.22. The Labute approximate surface area is 94.0 Å². The lowest BCUT2D eigenvalue weighted by atomic mass is 9.92. The third-order valence-corrected chi connectivity index (χ3v) is 3.22. The predicted octanol–water partition coefficient (Wildman–Crippen LogP) is 2.04. The van der Waals surface area contributed by atoms with E-state index in [9.17, 15) is 0 Å². The molecule has 0 aromatic carbocycles. The van der Waals surface area contributed by atoms with E-state index in [-0.39, 0.29) is 5.41 Å². The topological polar surface area (TPSA) is 30.3 Å². The zero-order valence-electron chi connectivity index (χ0n) is 10.8. The van der Waals surface area contributed by atoms with Crippen LogP contribution in [0.15, 0.2) is 0 Å². The summed E-state index contributed by atoms with van der Waals surface area (Å²) in [6, 6.07) is 0.703. The van der Waals surface area contributed by atoms with Crippen molar-refractivity contribution in [3.63, 3.8) is 0 Å². The Morgan fingerprint density at radius 2 is 1.67 bits per heavy atom. The molecule has 3 nitrogen and oxygen atoms in total. The van der Waals surface area contributed by atoms with Crippen LogP contribution in [0.25, 0.3) is 0 Å². The fourth-order valence-electron chi connectivity index (χ4n) is 2.08. The maximum atomic E-state index is 8.12. The van der Waals surface area contributed by atoms with Gasteiger partial charge in [-0.1, -0.05) is 20.8 Å². The highest BCUT2D eigenvalue weighted by atomic mass is 15.2. The number of piperidine rings is 1. The Kier molecular flexibility index (Phi) is 3.77. The monoisotopic (exact) mass is 211 g/mol. The first-order chi connectivity index (χ1) is 6.82. The third kappa shape index (κ3) is 3.20. The van der Waals surface area contributed by atoms with Gasteiger partial charge in [-0.25, -0.2) is 0 Å². The number of hydrogen-bond donors (Lipinski definition) is 1. The molecular formula is C12H25N3. The van der Waals surface area contributed by atoms with Crippen LogP contribution in [0.4, 0.5) is 0 Å². The van der Waals surface area contributed by atoms with Crippen LogP contribution >= 0.6 is 0 Å². The van der Waals surface area contributed by atoms with Crippen molar-refractivity contribution in [1.82, 2.24) is 9.80 Å². The minimum absolute atomic E-state index is 0.00898. The van der Waals surface area contributed by atoms with E-state index >= 15 is 0 Å². The van der Waals surface area contributed by atoms with Crippen molar-refractivity contribution < 1.29 is 0 Å². The van der Waals surface area contributed by atoms with Crippen LogP contribution in [0, 0.1) is 10.8 Å². The van der Waals surface area contributed by atoms with Gasteiger partial charge in [0.2, 0.25) is 0 Å². The number of hydrogen-bond acceptors (Lipinski definition) is 2. The fraction of sp³-hybridized carbons (Fsp3) is 0.917. The van der Waals surface area contributed by atoms with E-state index in [2.05, 4.69) is 44.7 Å². The molecule has 1 N–H and O–H groups in total. The second kappa shape index (κ2) is 4.52. The highest BCUT2D eigenvalue weighted by Gasteiger charge is 2.27. The standard InChI is InChI=1S/C12H25N3/c1-12(2,3)11(13)15-8-6-10(7-9-15)14(4)5/h10,13H,6-9H2,1-5H3. The fourth-order valence-corrected chi connectivity index (χ4v) is 2.08. The quantitative estimate of drug-likeness (QED) is 0.531. The molecule has 0 aromatic rings. The normalized spacial score (nSPS) is 19.7. The lowest BCUT2D eigenvalue weighted by Crippen LogP contribution is -2.47. The number of rotatable bonds is 1. The molecule has 0 aromatic heterocycles. The highest BCUT2D eigenvalue weighted by molar-refractivity contribution is 5.84. The Morgan fingerprint density at radius 1 is 1.20 bits per heavy atom. The summed E-state index contributed by atoms with van der Waals surface area (Å²) < 4.78 is 0. The molecule has 1 aliphatic heterocycles. The highest BCUT2D eigenvalue weighted by Crippen LogP contribution is 2.22. The number of nitrogens with zero attached hydrogens (tertiary/aromatic N) is 2. The van der Waals surface area contributed by atoms with Gasteiger partial charge < -0.3 is 9.80 Å². The van der Waals surface area contributed by atoms with E-state index in [0.29, 0.717) is 6.04 Å². The molecule has 1 heterocycles. The molecular weight excluding hydrogens is 186 g/mol. The minimum atomic E-state index is -0.00898. The van der Waals surface area contributed by atoms with Gasteiger partial charge in [0.15, 0.2) is 0 Å². The molecule has 1 fully saturated rings. The summed E-state index contributed by atoms with van der Waals surface area (Å²) in [5.74, 6) is 0.791.